The predicted molar refractivity (Wildman–Crippen MR) is 62.5 cm³/mol. The summed E-state index contributed by atoms with van der Waals surface area (Å²) in [4.78, 5) is 12.7. The normalized spacial score (nSPS) is 20.8. The van der Waals surface area contributed by atoms with E-state index in [1.165, 1.54) is 5.56 Å². The van der Waals surface area contributed by atoms with Crippen molar-refractivity contribution in [3.63, 3.8) is 0 Å². The molecule has 16 heavy (non-hydrogen) atoms. The first kappa shape index (κ1) is 11.0. The van der Waals surface area contributed by atoms with E-state index in [-0.39, 0.29) is 6.04 Å². The lowest BCUT2D eigenvalue weighted by atomic mass is 9.95. The topological polar surface area (TPSA) is 40.5 Å². The average molecular weight is 219 g/mol. The summed E-state index contributed by atoms with van der Waals surface area (Å²) in [6.07, 6.45) is 2.23. The van der Waals surface area contributed by atoms with Gasteiger partial charge in [0.2, 0.25) is 0 Å². The molecular weight excluding hydrogens is 202 g/mol. The molecule has 1 heterocycles. The molecule has 1 N–H and O–H groups in total. The molecule has 1 fully saturated rings. The van der Waals surface area contributed by atoms with Crippen molar-refractivity contribution in [2.45, 2.75) is 32.2 Å². The van der Waals surface area contributed by atoms with E-state index < -0.39 is 6.09 Å². The van der Waals surface area contributed by atoms with Crippen molar-refractivity contribution in [3.05, 3.63) is 35.4 Å². The smallest absolute Gasteiger partial charge is 0.407 e. The Morgan fingerprint density at radius 2 is 2.00 bits per heavy atom. The van der Waals surface area contributed by atoms with Gasteiger partial charge in [0.05, 0.1) is 6.04 Å². The molecule has 0 saturated carbocycles. The molecule has 1 atom stereocenters. The van der Waals surface area contributed by atoms with Gasteiger partial charge in [-0.05, 0) is 31.7 Å². The molecule has 1 saturated heterocycles. The number of likely N-dealkylation sites (tertiary alicyclic amines) is 1. The van der Waals surface area contributed by atoms with Gasteiger partial charge in [-0.3, -0.25) is 0 Å². The highest BCUT2D eigenvalue weighted by molar-refractivity contribution is 5.66. The minimum absolute atomic E-state index is 0.0480. The Bertz CT molecular complexity index is 372. The van der Waals surface area contributed by atoms with Crippen LogP contribution in [0.3, 0.4) is 0 Å². The maximum absolute atomic E-state index is 11.1. The minimum atomic E-state index is -0.801. The highest BCUT2D eigenvalue weighted by Gasteiger charge is 2.27. The van der Waals surface area contributed by atoms with Crippen LogP contribution in [-0.2, 0) is 0 Å². The van der Waals surface area contributed by atoms with Gasteiger partial charge in [-0.2, -0.15) is 0 Å². The highest BCUT2D eigenvalue weighted by Crippen LogP contribution is 2.30. The third kappa shape index (κ3) is 2.18. The quantitative estimate of drug-likeness (QED) is 0.788. The van der Waals surface area contributed by atoms with Crippen LogP contribution in [0.2, 0.25) is 0 Å². The van der Waals surface area contributed by atoms with Crippen LogP contribution in [0.15, 0.2) is 24.3 Å². The van der Waals surface area contributed by atoms with E-state index >= 15 is 0 Å². The summed E-state index contributed by atoms with van der Waals surface area (Å²) >= 11 is 0. The van der Waals surface area contributed by atoms with Crippen LogP contribution in [0.25, 0.3) is 0 Å². The SMILES string of the molecule is Cc1ccc(C2CCCCN2C(=O)O)cc1. The van der Waals surface area contributed by atoms with Gasteiger partial charge in [0.1, 0.15) is 0 Å². The summed E-state index contributed by atoms with van der Waals surface area (Å²) in [5, 5.41) is 9.15. The molecule has 0 spiro atoms. The zero-order valence-corrected chi connectivity index (χ0v) is 9.52. The maximum Gasteiger partial charge on any atom is 0.407 e. The summed E-state index contributed by atoms with van der Waals surface area (Å²) in [5.74, 6) is 0. The molecule has 1 aliphatic heterocycles. The summed E-state index contributed by atoms with van der Waals surface area (Å²) in [6.45, 7) is 2.70. The summed E-state index contributed by atoms with van der Waals surface area (Å²) in [5.41, 5.74) is 2.33. The van der Waals surface area contributed by atoms with E-state index in [9.17, 15) is 4.79 Å². The van der Waals surface area contributed by atoms with E-state index in [0.717, 1.165) is 24.8 Å². The van der Waals surface area contributed by atoms with Crippen molar-refractivity contribution in [1.29, 1.82) is 0 Å². The second kappa shape index (κ2) is 4.56. The standard InChI is InChI=1S/C13H17NO2/c1-10-5-7-11(8-6-10)12-4-2-3-9-14(12)13(15)16/h5-8,12H,2-4,9H2,1H3,(H,15,16). The Balaban J connectivity index is 2.23. The van der Waals surface area contributed by atoms with E-state index in [1.54, 1.807) is 4.90 Å². The van der Waals surface area contributed by atoms with Crippen LogP contribution in [-0.4, -0.2) is 22.6 Å². The fourth-order valence-electron chi connectivity index (χ4n) is 2.30. The second-order valence-corrected chi connectivity index (χ2v) is 4.40. The maximum atomic E-state index is 11.1. The molecule has 0 radical (unpaired) electrons. The lowest BCUT2D eigenvalue weighted by Gasteiger charge is -2.33. The number of benzene rings is 1. The number of carboxylic acid groups (broad SMARTS) is 1. The Morgan fingerprint density at radius 1 is 1.31 bits per heavy atom. The van der Waals surface area contributed by atoms with Crippen LogP contribution in [0.5, 0.6) is 0 Å². The van der Waals surface area contributed by atoms with Crippen molar-refractivity contribution >= 4 is 6.09 Å². The molecule has 0 aliphatic carbocycles. The number of amides is 1. The molecule has 0 aromatic heterocycles. The second-order valence-electron chi connectivity index (χ2n) is 4.40. The molecule has 3 nitrogen and oxygen atoms in total. The number of hydrogen-bond donors (Lipinski definition) is 1. The third-order valence-electron chi connectivity index (χ3n) is 3.21. The molecule has 1 unspecified atom stereocenters. The fraction of sp³-hybridized carbons (Fsp3) is 0.462. The fourth-order valence-corrected chi connectivity index (χ4v) is 2.30. The summed E-state index contributed by atoms with van der Waals surface area (Å²) < 4.78 is 0. The van der Waals surface area contributed by atoms with Gasteiger partial charge < -0.3 is 10.0 Å². The third-order valence-corrected chi connectivity index (χ3v) is 3.21. The number of carbonyl (C=O) groups is 1. The number of hydrogen-bond acceptors (Lipinski definition) is 1. The van der Waals surface area contributed by atoms with Gasteiger partial charge in [-0.1, -0.05) is 29.8 Å². The molecule has 2 rings (SSSR count). The summed E-state index contributed by atoms with van der Waals surface area (Å²) in [6, 6.07) is 8.23. The van der Waals surface area contributed by atoms with Gasteiger partial charge in [-0.25, -0.2) is 4.79 Å². The first-order valence-electron chi connectivity index (χ1n) is 5.74. The Kier molecular flexibility index (Phi) is 3.13. The highest BCUT2D eigenvalue weighted by atomic mass is 16.4. The van der Waals surface area contributed by atoms with Gasteiger partial charge >= 0.3 is 6.09 Å². The molecule has 1 amide bonds. The van der Waals surface area contributed by atoms with Crippen molar-refractivity contribution in [2.75, 3.05) is 6.54 Å². The van der Waals surface area contributed by atoms with Gasteiger partial charge in [0, 0.05) is 6.54 Å². The molecule has 3 heteroatoms. The van der Waals surface area contributed by atoms with Crippen LogP contribution >= 0.6 is 0 Å². The summed E-state index contributed by atoms with van der Waals surface area (Å²) in [7, 11) is 0. The Morgan fingerprint density at radius 3 is 2.62 bits per heavy atom. The van der Waals surface area contributed by atoms with Gasteiger partial charge in [-0.15, -0.1) is 0 Å². The van der Waals surface area contributed by atoms with Crippen molar-refractivity contribution < 1.29 is 9.90 Å². The number of nitrogens with zero attached hydrogens (tertiary/aromatic N) is 1. The van der Waals surface area contributed by atoms with Crippen molar-refractivity contribution in [2.24, 2.45) is 0 Å². The molecule has 86 valence electrons. The lowest BCUT2D eigenvalue weighted by Crippen LogP contribution is -2.37. The molecular formula is C13H17NO2. The van der Waals surface area contributed by atoms with Crippen molar-refractivity contribution in [3.8, 4) is 0 Å². The van der Waals surface area contributed by atoms with Crippen LogP contribution in [0, 0.1) is 6.92 Å². The monoisotopic (exact) mass is 219 g/mol. The minimum Gasteiger partial charge on any atom is -0.465 e. The largest absolute Gasteiger partial charge is 0.465 e. The van der Waals surface area contributed by atoms with Crippen LogP contribution in [0.4, 0.5) is 4.79 Å². The first-order chi connectivity index (χ1) is 7.68. The predicted octanol–water partition coefficient (Wildman–Crippen LogP) is 3.20. The lowest BCUT2D eigenvalue weighted by molar-refractivity contribution is 0.106. The van der Waals surface area contributed by atoms with Crippen LogP contribution < -0.4 is 0 Å². The molecule has 1 aromatic rings. The average Bonchev–Trinajstić information content (AvgIpc) is 2.30. The van der Waals surface area contributed by atoms with E-state index in [4.69, 9.17) is 5.11 Å². The van der Waals surface area contributed by atoms with E-state index in [2.05, 4.69) is 0 Å². The van der Waals surface area contributed by atoms with Gasteiger partial charge in [0.15, 0.2) is 0 Å². The number of piperidine rings is 1. The van der Waals surface area contributed by atoms with Gasteiger partial charge in [0.25, 0.3) is 0 Å². The van der Waals surface area contributed by atoms with E-state index in [0.29, 0.717) is 6.54 Å². The zero-order valence-electron chi connectivity index (χ0n) is 9.52. The Labute approximate surface area is 95.7 Å². The Hall–Kier alpha value is -1.51. The molecule has 1 aliphatic rings. The molecule has 1 aromatic carbocycles. The van der Waals surface area contributed by atoms with Crippen molar-refractivity contribution in [1.82, 2.24) is 4.90 Å². The number of rotatable bonds is 1. The number of aryl methyl sites for hydroxylation is 1. The van der Waals surface area contributed by atoms with Crippen LogP contribution in [0.1, 0.15) is 36.4 Å². The molecule has 0 bridgehead atoms. The van der Waals surface area contributed by atoms with E-state index in [1.807, 2.05) is 31.2 Å². The zero-order chi connectivity index (χ0) is 11.5. The first-order valence-corrected chi connectivity index (χ1v) is 5.74.